The minimum absolute atomic E-state index is 0.00617. The van der Waals surface area contributed by atoms with Gasteiger partial charge >= 0.3 is 0 Å². The molecule has 112 valence electrons. The maximum absolute atomic E-state index is 12.2. The first-order valence-electron chi connectivity index (χ1n) is 7.29. The van der Waals surface area contributed by atoms with Crippen LogP contribution in [0.15, 0.2) is 4.90 Å². The summed E-state index contributed by atoms with van der Waals surface area (Å²) in [5.41, 5.74) is 6.83. The molecule has 1 aromatic heterocycles. The molecule has 0 radical (unpaired) electrons. The van der Waals surface area contributed by atoms with E-state index < -0.39 is 0 Å². The average molecular weight is 313 g/mol. The predicted octanol–water partition coefficient (Wildman–Crippen LogP) is 4.49. The highest BCUT2D eigenvalue weighted by Crippen LogP contribution is 2.43. The predicted molar refractivity (Wildman–Crippen MR) is 90.1 cm³/mol. The Balaban J connectivity index is 2.14. The molecule has 5 heteroatoms. The van der Waals surface area contributed by atoms with Crippen LogP contribution in [0.5, 0.6) is 0 Å². The van der Waals surface area contributed by atoms with Crippen LogP contribution in [0.4, 0.5) is 10.7 Å². The van der Waals surface area contributed by atoms with E-state index in [-0.39, 0.29) is 11.7 Å². The van der Waals surface area contributed by atoms with Crippen molar-refractivity contribution in [1.82, 2.24) is 0 Å². The molecule has 1 fully saturated rings. The number of nitrogens with one attached hydrogen (secondary N) is 1. The third-order valence-electron chi connectivity index (χ3n) is 3.88. The van der Waals surface area contributed by atoms with Crippen molar-refractivity contribution in [2.75, 3.05) is 23.9 Å². The summed E-state index contributed by atoms with van der Waals surface area (Å²) >= 11 is 3.15. The molecule has 0 aliphatic heterocycles. The first-order chi connectivity index (χ1) is 9.54. The van der Waals surface area contributed by atoms with Gasteiger partial charge in [0.1, 0.15) is 5.00 Å². The summed E-state index contributed by atoms with van der Waals surface area (Å²) in [5, 5.41) is 4.60. The minimum atomic E-state index is -0.00617. The van der Waals surface area contributed by atoms with E-state index in [0.717, 1.165) is 27.2 Å². The summed E-state index contributed by atoms with van der Waals surface area (Å²) in [6.07, 6.45) is 7.36. The largest absolute Gasteiger partial charge is 0.396 e. The quantitative estimate of drug-likeness (QED) is 0.600. The maximum Gasteiger partial charge on any atom is 0.177 e. The first-order valence-corrected chi connectivity index (χ1v) is 9.33. The van der Waals surface area contributed by atoms with Crippen molar-refractivity contribution in [3.63, 3.8) is 0 Å². The lowest BCUT2D eigenvalue weighted by atomic mass is 10.1. The second-order valence-corrected chi connectivity index (χ2v) is 7.59. The molecule has 0 aromatic carbocycles. The molecule has 1 aliphatic rings. The SMILES string of the molecule is CSc1c(NCC2CCCC2)sc(C(=O)C(C)C)c1N. The molecule has 0 unspecified atom stereocenters. The molecule has 0 bridgehead atoms. The number of rotatable bonds is 6. The number of Topliss-reactive ketones (excluding diaryl/α,β-unsaturated/α-hetero) is 1. The van der Waals surface area contributed by atoms with Crippen molar-refractivity contribution in [1.29, 1.82) is 0 Å². The zero-order valence-electron chi connectivity index (χ0n) is 12.5. The molecule has 20 heavy (non-hydrogen) atoms. The zero-order valence-corrected chi connectivity index (χ0v) is 14.1. The highest BCUT2D eigenvalue weighted by Gasteiger charge is 2.23. The Morgan fingerprint density at radius 1 is 1.45 bits per heavy atom. The fourth-order valence-corrected chi connectivity index (χ4v) is 4.77. The zero-order chi connectivity index (χ0) is 14.7. The van der Waals surface area contributed by atoms with E-state index in [2.05, 4.69) is 5.32 Å². The fraction of sp³-hybridized carbons (Fsp3) is 0.667. The summed E-state index contributed by atoms with van der Waals surface area (Å²) in [4.78, 5) is 14.0. The van der Waals surface area contributed by atoms with Crippen LogP contribution >= 0.6 is 23.1 Å². The van der Waals surface area contributed by atoms with Gasteiger partial charge in [-0.05, 0) is 25.0 Å². The number of thiophene rings is 1. The minimum Gasteiger partial charge on any atom is -0.396 e. The molecule has 3 nitrogen and oxygen atoms in total. The highest BCUT2D eigenvalue weighted by molar-refractivity contribution is 7.99. The van der Waals surface area contributed by atoms with Gasteiger partial charge in [-0.2, -0.15) is 0 Å². The molecule has 2 rings (SSSR count). The number of hydrogen-bond donors (Lipinski definition) is 2. The number of carbonyl (C=O) groups is 1. The van der Waals surface area contributed by atoms with Gasteiger partial charge in [-0.25, -0.2) is 0 Å². The van der Waals surface area contributed by atoms with Crippen molar-refractivity contribution in [2.24, 2.45) is 11.8 Å². The summed E-state index contributed by atoms with van der Waals surface area (Å²) < 4.78 is 0. The number of nitrogen functional groups attached to an aromatic ring is 1. The second kappa shape index (κ2) is 6.85. The van der Waals surface area contributed by atoms with Gasteiger partial charge in [0.2, 0.25) is 0 Å². The summed E-state index contributed by atoms with van der Waals surface area (Å²) in [6, 6.07) is 0. The molecule has 1 aromatic rings. The summed E-state index contributed by atoms with van der Waals surface area (Å²) in [7, 11) is 0. The number of carbonyl (C=O) groups excluding carboxylic acids is 1. The van der Waals surface area contributed by atoms with Gasteiger partial charge < -0.3 is 11.1 Å². The van der Waals surface area contributed by atoms with E-state index in [9.17, 15) is 4.79 Å². The number of nitrogens with two attached hydrogens (primary N) is 1. The molecule has 1 saturated carbocycles. The van der Waals surface area contributed by atoms with Crippen LogP contribution in [0.3, 0.4) is 0 Å². The lowest BCUT2D eigenvalue weighted by Gasteiger charge is -2.11. The van der Waals surface area contributed by atoms with E-state index in [1.165, 1.54) is 37.0 Å². The van der Waals surface area contributed by atoms with Crippen molar-refractivity contribution in [2.45, 2.75) is 44.4 Å². The molecule has 0 atom stereocenters. The number of hydrogen-bond acceptors (Lipinski definition) is 5. The van der Waals surface area contributed by atoms with Crippen molar-refractivity contribution < 1.29 is 4.79 Å². The first kappa shape index (κ1) is 15.7. The lowest BCUT2D eigenvalue weighted by molar-refractivity contribution is 0.0944. The molecule has 0 spiro atoms. The van der Waals surface area contributed by atoms with Gasteiger partial charge in [-0.3, -0.25) is 4.79 Å². The van der Waals surface area contributed by atoms with Gasteiger partial charge in [0.25, 0.3) is 0 Å². The van der Waals surface area contributed by atoms with Crippen LogP contribution < -0.4 is 11.1 Å². The third-order valence-corrected chi connectivity index (χ3v) is 6.02. The van der Waals surface area contributed by atoms with Gasteiger partial charge in [-0.15, -0.1) is 23.1 Å². The average Bonchev–Trinajstić information content (AvgIpc) is 3.03. The third kappa shape index (κ3) is 3.31. The molecule has 1 heterocycles. The smallest absolute Gasteiger partial charge is 0.177 e. The van der Waals surface area contributed by atoms with Crippen LogP contribution in [-0.2, 0) is 0 Å². The highest BCUT2D eigenvalue weighted by atomic mass is 32.2. The number of ketones is 1. The van der Waals surface area contributed by atoms with Gasteiger partial charge in [-0.1, -0.05) is 26.7 Å². The standard InChI is InChI=1S/C15H24N2OS2/c1-9(2)12(18)13-11(16)14(19-3)15(20-13)17-8-10-6-4-5-7-10/h9-10,17H,4-8,16H2,1-3H3. The Morgan fingerprint density at radius 3 is 2.65 bits per heavy atom. The molecular formula is C15H24N2OS2. The van der Waals surface area contributed by atoms with Crippen LogP contribution in [-0.4, -0.2) is 18.6 Å². The van der Waals surface area contributed by atoms with E-state index in [1.807, 2.05) is 20.1 Å². The van der Waals surface area contributed by atoms with Crippen molar-refractivity contribution >= 4 is 39.6 Å². The van der Waals surface area contributed by atoms with Crippen molar-refractivity contribution in [3.05, 3.63) is 4.88 Å². The monoisotopic (exact) mass is 312 g/mol. The van der Waals surface area contributed by atoms with E-state index in [4.69, 9.17) is 5.73 Å². The van der Waals surface area contributed by atoms with E-state index in [1.54, 1.807) is 11.8 Å². The second-order valence-electron chi connectivity index (χ2n) is 5.76. The normalized spacial score (nSPS) is 16.0. The van der Waals surface area contributed by atoms with Crippen LogP contribution in [0, 0.1) is 11.8 Å². The van der Waals surface area contributed by atoms with Gasteiger partial charge in [0, 0.05) is 12.5 Å². The summed E-state index contributed by atoms with van der Waals surface area (Å²) in [6.45, 7) is 4.85. The molecular weight excluding hydrogens is 288 g/mol. The van der Waals surface area contributed by atoms with Crippen molar-refractivity contribution in [3.8, 4) is 0 Å². The van der Waals surface area contributed by atoms with Gasteiger partial charge in [0.15, 0.2) is 5.78 Å². The van der Waals surface area contributed by atoms with Gasteiger partial charge in [0.05, 0.1) is 15.5 Å². The molecule has 0 amide bonds. The number of anilines is 2. The Hall–Kier alpha value is -0.680. The van der Waals surface area contributed by atoms with E-state index >= 15 is 0 Å². The maximum atomic E-state index is 12.2. The van der Waals surface area contributed by atoms with Crippen LogP contribution in [0.2, 0.25) is 0 Å². The van der Waals surface area contributed by atoms with Crippen LogP contribution in [0.25, 0.3) is 0 Å². The topological polar surface area (TPSA) is 55.1 Å². The molecule has 0 saturated heterocycles. The Labute approximate surface area is 129 Å². The Kier molecular flexibility index (Phi) is 5.38. The molecule has 1 aliphatic carbocycles. The fourth-order valence-electron chi connectivity index (χ4n) is 2.64. The Morgan fingerprint density at radius 2 is 2.10 bits per heavy atom. The summed E-state index contributed by atoms with van der Waals surface area (Å²) in [5.74, 6) is 0.919. The van der Waals surface area contributed by atoms with Crippen LogP contribution in [0.1, 0.15) is 49.2 Å². The number of thioether (sulfide) groups is 1. The van der Waals surface area contributed by atoms with E-state index in [0.29, 0.717) is 5.69 Å². The lowest BCUT2D eigenvalue weighted by Crippen LogP contribution is -2.10. The molecule has 3 N–H and O–H groups in total. The Bertz CT molecular complexity index is 476.